The molecule has 0 aliphatic heterocycles. The monoisotopic (exact) mass is 716 g/mol. The maximum absolute atomic E-state index is 5.20. The zero-order chi connectivity index (χ0) is 37.8. The first kappa shape index (κ1) is 32.8. The molecule has 0 unspecified atom stereocenters. The molecule has 2 aliphatic carbocycles. The SMILES string of the molecule is CC1(C)c2ccccc2-c2ccc(-c3c4ccccc4c(-c4ccc5c(c4)C(C)(C)c4ccccc4-5)c4cc(-c5cccc(-c6ccncc6)n5)ccc34)cc21. The number of hydrogen-bond donors (Lipinski definition) is 0. The second kappa shape index (κ2) is 11.9. The minimum atomic E-state index is -0.106. The van der Waals surface area contributed by atoms with E-state index in [1.807, 2.05) is 24.5 Å². The van der Waals surface area contributed by atoms with Gasteiger partial charge in [-0.2, -0.15) is 0 Å². The van der Waals surface area contributed by atoms with Crippen LogP contribution in [-0.2, 0) is 10.8 Å². The van der Waals surface area contributed by atoms with Gasteiger partial charge in [0.2, 0.25) is 0 Å². The summed E-state index contributed by atoms with van der Waals surface area (Å²) in [7, 11) is 0. The molecule has 0 fully saturated rings. The molecule has 11 rings (SSSR count). The van der Waals surface area contributed by atoms with Crippen molar-refractivity contribution in [1.82, 2.24) is 9.97 Å². The number of rotatable bonds is 4. The molecule has 266 valence electrons. The molecular weight excluding hydrogens is 677 g/mol. The second-order valence-corrected chi connectivity index (χ2v) is 16.6. The van der Waals surface area contributed by atoms with Crippen LogP contribution in [0.15, 0.2) is 170 Å². The summed E-state index contributed by atoms with van der Waals surface area (Å²) < 4.78 is 0. The van der Waals surface area contributed by atoms with E-state index in [9.17, 15) is 0 Å². The van der Waals surface area contributed by atoms with Crippen molar-refractivity contribution in [2.24, 2.45) is 0 Å². The van der Waals surface area contributed by atoms with Crippen LogP contribution in [0.25, 0.3) is 88.6 Å². The van der Waals surface area contributed by atoms with E-state index in [0.29, 0.717) is 0 Å². The van der Waals surface area contributed by atoms with Crippen LogP contribution in [0.5, 0.6) is 0 Å². The topological polar surface area (TPSA) is 25.8 Å². The summed E-state index contributed by atoms with van der Waals surface area (Å²) in [6.07, 6.45) is 3.65. The quantitative estimate of drug-likeness (QED) is 0.170. The Bertz CT molecular complexity index is 3080. The molecule has 2 heteroatoms. The van der Waals surface area contributed by atoms with Gasteiger partial charge in [-0.3, -0.25) is 4.98 Å². The Hall–Kier alpha value is -6.64. The third-order valence-electron chi connectivity index (χ3n) is 12.8. The first-order chi connectivity index (χ1) is 27.3. The fourth-order valence-electron chi connectivity index (χ4n) is 9.96. The van der Waals surface area contributed by atoms with Crippen LogP contribution in [0.2, 0.25) is 0 Å². The highest BCUT2D eigenvalue weighted by Crippen LogP contribution is 2.53. The second-order valence-electron chi connectivity index (χ2n) is 16.6. The van der Waals surface area contributed by atoms with Crippen LogP contribution in [0.3, 0.4) is 0 Å². The van der Waals surface area contributed by atoms with E-state index in [1.165, 1.54) is 88.3 Å². The maximum Gasteiger partial charge on any atom is 0.0710 e. The molecule has 56 heavy (non-hydrogen) atoms. The third-order valence-corrected chi connectivity index (χ3v) is 12.8. The van der Waals surface area contributed by atoms with Crippen LogP contribution < -0.4 is 0 Å². The molecule has 7 aromatic carbocycles. The molecule has 2 nitrogen and oxygen atoms in total. The zero-order valence-electron chi connectivity index (χ0n) is 32.1. The Morgan fingerprint density at radius 2 is 0.804 bits per heavy atom. The Labute approximate surface area is 328 Å². The molecule has 0 radical (unpaired) electrons. The lowest BCUT2D eigenvalue weighted by Gasteiger charge is -2.24. The van der Waals surface area contributed by atoms with Crippen LogP contribution in [0, 0.1) is 0 Å². The van der Waals surface area contributed by atoms with Crippen LogP contribution >= 0.6 is 0 Å². The molecule has 0 saturated heterocycles. The predicted octanol–water partition coefficient (Wildman–Crippen LogP) is 14.1. The van der Waals surface area contributed by atoms with E-state index in [1.54, 1.807) is 0 Å². The molecule has 2 aliphatic rings. The molecule has 2 heterocycles. The summed E-state index contributed by atoms with van der Waals surface area (Å²) in [6.45, 7) is 9.48. The fourth-order valence-corrected chi connectivity index (χ4v) is 9.96. The molecule has 0 N–H and O–H groups in total. The van der Waals surface area contributed by atoms with Gasteiger partial charge in [-0.25, -0.2) is 4.98 Å². The number of nitrogens with zero attached hydrogens (tertiary/aromatic N) is 2. The van der Waals surface area contributed by atoms with Crippen molar-refractivity contribution in [3.63, 3.8) is 0 Å². The normalized spacial score (nSPS) is 14.4. The molecule has 9 aromatic rings. The van der Waals surface area contributed by atoms with E-state index >= 15 is 0 Å². The molecule has 2 aromatic heterocycles. The Balaban J connectivity index is 1.19. The van der Waals surface area contributed by atoms with E-state index in [4.69, 9.17) is 4.98 Å². The Morgan fingerprint density at radius 3 is 1.39 bits per heavy atom. The number of pyridine rings is 2. The van der Waals surface area contributed by atoms with E-state index in [-0.39, 0.29) is 10.8 Å². The first-order valence-electron chi connectivity index (χ1n) is 19.6. The summed E-state index contributed by atoms with van der Waals surface area (Å²) in [5.74, 6) is 0. The number of hydrogen-bond acceptors (Lipinski definition) is 2. The molecular formula is C54H40N2. The summed E-state index contributed by atoms with van der Waals surface area (Å²) in [5, 5.41) is 4.98. The largest absolute Gasteiger partial charge is 0.265 e. The number of aromatic nitrogens is 2. The first-order valence-corrected chi connectivity index (χ1v) is 19.6. The highest BCUT2D eigenvalue weighted by molar-refractivity contribution is 6.22. The van der Waals surface area contributed by atoms with Gasteiger partial charge in [0, 0.05) is 34.4 Å². The molecule has 0 saturated carbocycles. The van der Waals surface area contributed by atoms with Gasteiger partial charge in [0.15, 0.2) is 0 Å². The fraction of sp³-hybridized carbons (Fsp3) is 0.111. The summed E-state index contributed by atoms with van der Waals surface area (Å²) in [4.78, 5) is 9.44. The van der Waals surface area contributed by atoms with Crippen LogP contribution in [-0.4, -0.2) is 9.97 Å². The number of benzene rings is 7. The van der Waals surface area contributed by atoms with Gasteiger partial charge in [-0.15, -0.1) is 0 Å². The van der Waals surface area contributed by atoms with E-state index in [0.717, 1.165) is 22.5 Å². The molecule has 0 bridgehead atoms. The van der Waals surface area contributed by atoms with E-state index in [2.05, 4.69) is 178 Å². The van der Waals surface area contributed by atoms with Crippen molar-refractivity contribution in [2.75, 3.05) is 0 Å². The maximum atomic E-state index is 5.20. The smallest absolute Gasteiger partial charge is 0.0710 e. The van der Waals surface area contributed by atoms with Crippen molar-refractivity contribution in [1.29, 1.82) is 0 Å². The molecule has 0 amide bonds. The summed E-state index contributed by atoms with van der Waals surface area (Å²) in [6, 6.07) is 58.6. The minimum absolute atomic E-state index is 0.0963. The lowest BCUT2D eigenvalue weighted by molar-refractivity contribution is 0.660. The average Bonchev–Trinajstić information content (AvgIpc) is 3.61. The van der Waals surface area contributed by atoms with Gasteiger partial charge in [0.05, 0.1) is 11.4 Å². The number of fused-ring (bicyclic) bond motifs is 8. The lowest BCUT2D eigenvalue weighted by atomic mass is 9.79. The van der Waals surface area contributed by atoms with Crippen molar-refractivity contribution < 1.29 is 0 Å². The van der Waals surface area contributed by atoms with Crippen molar-refractivity contribution >= 4 is 21.5 Å². The van der Waals surface area contributed by atoms with Gasteiger partial charge in [-0.1, -0.05) is 143 Å². The van der Waals surface area contributed by atoms with E-state index < -0.39 is 0 Å². The predicted molar refractivity (Wildman–Crippen MR) is 234 cm³/mol. The minimum Gasteiger partial charge on any atom is -0.265 e. The highest BCUT2D eigenvalue weighted by Gasteiger charge is 2.37. The van der Waals surface area contributed by atoms with Gasteiger partial charge < -0.3 is 0 Å². The Kier molecular flexibility index (Phi) is 6.98. The molecule has 0 spiro atoms. The Morgan fingerprint density at radius 1 is 0.339 bits per heavy atom. The van der Waals surface area contributed by atoms with Gasteiger partial charge in [0.25, 0.3) is 0 Å². The third kappa shape index (κ3) is 4.69. The van der Waals surface area contributed by atoms with Crippen LogP contribution in [0.1, 0.15) is 49.9 Å². The average molecular weight is 717 g/mol. The lowest BCUT2D eigenvalue weighted by Crippen LogP contribution is -2.15. The summed E-state index contributed by atoms with van der Waals surface area (Å²) in [5.41, 5.74) is 19.7. The van der Waals surface area contributed by atoms with Gasteiger partial charge >= 0.3 is 0 Å². The summed E-state index contributed by atoms with van der Waals surface area (Å²) >= 11 is 0. The van der Waals surface area contributed by atoms with Crippen molar-refractivity contribution in [3.8, 4) is 67.0 Å². The standard InChI is InChI=1S/C54H40N2/c1-53(2)45-16-9-7-12-37(45)39-23-21-35(31-47(39)53)51-41-14-5-6-15-42(41)52(36-22-24-40-38-13-8-10-17-46(38)54(3,4)48(40)32-36)44-30-34(20-25-43(44)51)50-19-11-18-49(56-50)33-26-28-55-29-27-33/h5-32H,1-4H3. The van der Waals surface area contributed by atoms with Crippen molar-refractivity contribution in [3.05, 3.63) is 192 Å². The zero-order valence-corrected chi connectivity index (χ0v) is 32.1. The van der Waals surface area contributed by atoms with Crippen LogP contribution in [0.4, 0.5) is 0 Å². The highest BCUT2D eigenvalue weighted by atomic mass is 14.7. The van der Waals surface area contributed by atoms with Crippen molar-refractivity contribution in [2.45, 2.75) is 38.5 Å². The van der Waals surface area contributed by atoms with Gasteiger partial charge in [-0.05, 0) is 131 Å². The van der Waals surface area contributed by atoms with Gasteiger partial charge in [0.1, 0.15) is 0 Å². The molecule has 0 atom stereocenters.